The Kier molecular flexibility index (Phi) is 21.7. The second-order valence-corrected chi connectivity index (χ2v) is 19.8. The molecule has 3 fully saturated rings. The highest BCUT2D eigenvalue weighted by Gasteiger charge is 2.54. The van der Waals surface area contributed by atoms with Gasteiger partial charge in [0, 0.05) is 51.0 Å². The fourth-order valence-electron chi connectivity index (χ4n) is 10.3. The zero-order valence-electron chi connectivity index (χ0n) is 42.7. The van der Waals surface area contributed by atoms with Crippen molar-refractivity contribution in [2.24, 2.45) is 23.7 Å². The van der Waals surface area contributed by atoms with E-state index in [2.05, 4.69) is 23.2 Å². The van der Waals surface area contributed by atoms with Crippen LogP contribution in [0.15, 0.2) is 48.7 Å². The van der Waals surface area contributed by atoms with E-state index in [9.17, 15) is 34.5 Å². The third kappa shape index (κ3) is 15.3. The van der Waals surface area contributed by atoms with Crippen molar-refractivity contribution in [2.45, 2.75) is 160 Å². The zero-order chi connectivity index (χ0) is 51.3. The summed E-state index contributed by atoms with van der Waals surface area (Å²) in [4.78, 5) is 60.6. The molecule has 0 radical (unpaired) electrons. The summed E-state index contributed by atoms with van der Waals surface area (Å²) in [5.74, 6) is -3.96. The molecule has 2 aromatic rings. The molecule has 3 aliphatic heterocycles. The number of likely N-dealkylation sites (N-methyl/N-ethyl adjacent to an activating group) is 2. The summed E-state index contributed by atoms with van der Waals surface area (Å²) in [7, 11) is 6.81. The van der Waals surface area contributed by atoms with Gasteiger partial charge >= 0.3 is 17.9 Å². The van der Waals surface area contributed by atoms with Crippen molar-refractivity contribution in [3.63, 3.8) is 0 Å². The van der Waals surface area contributed by atoms with Crippen molar-refractivity contribution in [1.82, 2.24) is 14.8 Å². The Labute approximate surface area is 413 Å². The van der Waals surface area contributed by atoms with Gasteiger partial charge in [-0.3, -0.25) is 19.4 Å². The van der Waals surface area contributed by atoms with E-state index < -0.39 is 115 Å². The maximum absolute atomic E-state index is 13.8. The lowest BCUT2D eigenvalue weighted by Crippen LogP contribution is -2.65. The van der Waals surface area contributed by atoms with Crippen molar-refractivity contribution in [2.75, 3.05) is 54.6 Å². The Morgan fingerprint density at radius 2 is 1.77 bits per heavy atom. The van der Waals surface area contributed by atoms with Gasteiger partial charge in [0.1, 0.15) is 36.6 Å². The van der Waals surface area contributed by atoms with Crippen molar-refractivity contribution in [1.29, 1.82) is 0 Å². The van der Waals surface area contributed by atoms with Crippen molar-refractivity contribution >= 4 is 35.1 Å². The number of benzene rings is 1. The first kappa shape index (κ1) is 57.0. The summed E-state index contributed by atoms with van der Waals surface area (Å²) in [6.45, 7) is 11.2. The smallest absolute Gasteiger partial charge is 0.314 e. The second kappa shape index (κ2) is 26.7. The fourth-order valence-corrected chi connectivity index (χ4v) is 10.3. The predicted octanol–water partition coefficient (Wildman–Crippen LogP) is 4.02. The van der Waals surface area contributed by atoms with Crippen LogP contribution in [-0.4, -0.2) is 182 Å². The number of β-amino-alcohol motifs (C(OH)–C–C–N with tert-alkyl or cyclic N) is 1. The quantitative estimate of drug-likeness (QED) is 0.0993. The molecule has 18 nitrogen and oxygen atoms in total. The highest BCUT2D eigenvalue weighted by molar-refractivity contribution is 5.78. The molecule has 5 rings (SSSR count). The lowest BCUT2D eigenvalue weighted by molar-refractivity contribution is -0.340. The molecule has 18 heteroatoms. The summed E-state index contributed by atoms with van der Waals surface area (Å²) in [5.41, 5.74) is 0.433. The Bertz CT molecular complexity index is 2020. The number of esters is 3. The Morgan fingerprint density at radius 1 is 1.03 bits per heavy atom. The number of hydrogen-bond acceptors (Lipinski definition) is 18. The minimum Gasteiger partial charge on any atom is -0.466 e. The number of aldehydes is 1. The van der Waals surface area contributed by atoms with Gasteiger partial charge in [0.25, 0.3) is 0 Å². The molecule has 0 saturated carbocycles. The van der Waals surface area contributed by atoms with E-state index >= 15 is 0 Å². The van der Waals surface area contributed by atoms with Crippen LogP contribution in [0.2, 0.25) is 0 Å². The van der Waals surface area contributed by atoms with Gasteiger partial charge in [-0.05, 0) is 104 Å². The fraction of sp³-hybridized carbons (Fsp3) is 0.712. The molecule has 1 aromatic heterocycles. The van der Waals surface area contributed by atoms with Crippen LogP contribution in [0.3, 0.4) is 0 Å². The number of hydrogen-bond donors (Lipinski definition) is 3. The molecule has 0 amide bonds. The minimum atomic E-state index is -1.54. The van der Waals surface area contributed by atoms with Crippen LogP contribution in [0.5, 0.6) is 0 Å². The number of carbonyl (C=O) groups is 4. The summed E-state index contributed by atoms with van der Waals surface area (Å²) >= 11 is 0. The molecule has 0 aliphatic carbocycles. The van der Waals surface area contributed by atoms with E-state index in [1.54, 1.807) is 46.7 Å². The number of allylic oxidation sites excluding steroid dienone is 1. The monoisotopic (exact) mass is 986 g/mol. The number of fused-ring (bicyclic) bond motifs is 1. The summed E-state index contributed by atoms with van der Waals surface area (Å²) in [6.07, 6.45) is -3.10. The van der Waals surface area contributed by atoms with E-state index in [0.717, 1.165) is 22.8 Å². The average molecular weight is 986 g/mol. The Hall–Kier alpha value is -3.95. The normalized spacial score (nSPS) is 35.6. The number of methoxy groups -OCH3 is 1. The Morgan fingerprint density at radius 3 is 2.44 bits per heavy atom. The number of rotatable bonds is 15. The van der Waals surface area contributed by atoms with Gasteiger partial charge in [0.05, 0.1) is 61.2 Å². The summed E-state index contributed by atoms with van der Waals surface area (Å²) in [6, 6.07) is 9.25. The zero-order valence-corrected chi connectivity index (χ0v) is 42.7. The van der Waals surface area contributed by atoms with E-state index in [4.69, 9.17) is 37.9 Å². The van der Waals surface area contributed by atoms with Crippen LogP contribution < -0.4 is 0 Å². The second-order valence-electron chi connectivity index (χ2n) is 19.8. The lowest BCUT2D eigenvalue weighted by Gasteiger charge is -2.50. The SMILES string of the molecule is CCOC(=O)[C@H]1[C@H](C)O[C@@H](O[C@H]2[C@H](N(C)C)[C@@H](O)[C@H](O[C@H]3[C@@H](CC=O)C[C@@H](C)[C@@H](O)CN(C)CC(/C=C/Cc4cnc5ccccc5c4)CCOC(=O)C[C@@H](OC(=O)CC)[C@@H]3OC)O[C@@H]2C)C[C@@]1(C)O. The largest absolute Gasteiger partial charge is 0.466 e. The summed E-state index contributed by atoms with van der Waals surface area (Å²) < 4.78 is 49.0. The van der Waals surface area contributed by atoms with E-state index in [1.807, 2.05) is 49.3 Å². The molecule has 1 unspecified atom stereocenters. The first-order valence-corrected chi connectivity index (χ1v) is 24.8. The number of carbonyl (C=O) groups excluding carboxylic acids is 4. The van der Waals surface area contributed by atoms with Crippen molar-refractivity contribution < 1.29 is 72.4 Å². The Balaban J connectivity index is 1.40. The average Bonchev–Trinajstić information content (AvgIpc) is 3.29. The predicted molar refractivity (Wildman–Crippen MR) is 258 cm³/mol. The van der Waals surface area contributed by atoms with E-state index in [-0.39, 0.29) is 44.8 Å². The standard InChI is InChI=1S/C52H79N3O15/c1-11-41(58)68-40-26-42(59)65-23-21-34(16-15-17-35-25-36-18-13-14-19-38(36)53-28-35)29-55(9)30-39(57)31(3)24-37(20-22-56)48(49(40)63-10)70-51-46(60)45(54(7)8)47(33(5)67-51)69-43-27-52(6,62)44(32(4)66-43)50(61)64-12-2/h13-16,18-19,22,25,28,31-34,37,39-40,43-49,51,57,60,62H,11-12,17,20-21,23-24,26-27,29-30H2,1-10H3/b16-15+/t31-,32+,33-,34?,37+,39+,40-,43+,44-,45-,46-,47-,48+,49+,51+,52-/m1/s1. The molecule has 70 heavy (non-hydrogen) atoms. The van der Waals surface area contributed by atoms with Gasteiger partial charge in [0.15, 0.2) is 12.6 Å². The van der Waals surface area contributed by atoms with Gasteiger partial charge in [0.2, 0.25) is 0 Å². The number of ether oxygens (including phenoxy) is 8. The topological polar surface area (TPSA) is 222 Å². The molecule has 1 aromatic carbocycles. The highest BCUT2D eigenvalue weighted by Crippen LogP contribution is 2.39. The maximum atomic E-state index is 13.8. The molecule has 3 aliphatic rings. The molecule has 3 N–H and O–H groups in total. The number of nitrogens with zero attached hydrogens (tertiary/aromatic N) is 3. The molecule has 0 spiro atoms. The number of cyclic esters (lactones) is 1. The van der Waals surface area contributed by atoms with Crippen LogP contribution in [-0.2, 0) is 63.5 Å². The molecular weight excluding hydrogens is 907 g/mol. The van der Waals surface area contributed by atoms with Crippen LogP contribution in [0.25, 0.3) is 10.9 Å². The third-order valence-corrected chi connectivity index (χ3v) is 13.9. The first-order chi connectivity index (χ1) is 33.3. The molecule has 3 saturated heterocycles. The van der Waals surface area contributed by atoms with Gasteiger partial charge in [-0.2, -0.15) is 0 Å². The maximum Gasteiger partial charge on any atom is 0.314 e. The molecule has 4 heterocycles. The summed E-state index contributed by atoms with van der Waals surface area (Å²) in [5, 5.41) is 36.5. The minimum absolute atomic E-state index is 0.0123. The van der Waals surface area contributed by atoms with Crippen LogP contribution >= 0.6 is 0 Å². The molecule has 392 valence electrons. The van der Waals surface area contributed by atoms with Gasteiger partial charge in [-0.1, -0.05) is 44.2 Å². The van der Waals surface area contributed by atoms with Crippen molar-refractivity contribution in [3.8, 4) is 0 Å². The number of aromatic nitrogens is 1. The van der Waals surface area contributed by atoms with E-state index in [1.165, 1.54) is 14.0 Å². The molecule has 0 bridgehead atoms. The third-order valence-electron chi connectivity index (χ3n) is 13.9. The van der Waals surface area contributed by atoms with Gasteiger partial charge < -0.3 is 67.8 Å². The van der Waals surface area contributed by atoms with E-state index in [0.29, 0.717) is 25.9 Å². The van der Waals surface area contributed by atoms with Gasteiger partial charge in [-0.25, -0.2) is 0 Å². The number of aliphatic hydroxyl groups is 3. The number of aliphatic hydroxyl groups excluding tert-OH is 2. The molecule has 16 atom stereocenters. The highest BCUT2D eigenvalue weighted by atomic mass is 16.7. The van der Waals surface area contributed by atoms with Gasteiger partial charge in [-0.15, -0.1) is 0 Å². The number of para-hydroxylation sites is 1. The van der Waals surface area contributed by atoms with Crippen molar-refractivity contribution in [3.05, 3.63) is 54.2 Å². The lowest BCUT2D eigenvalue weighted by atomic mass is 9.80. The van der Waals surface area contributed by atoms with Crippen LogP contribution in [0.4, 0.5) is 0 Å². The molecular formula is C52H79N3O15. The van der Waals surface area contributed by atoms with Crippen LogP contribution in [0, 0.1) is 23.7 Å². The van der Waals surface area contributed by atoms with Crippen LogP contribution in [0.1, 0.15) is 85.6 Å². The number of pyridine rings is 1. The first-order valence-electron chi connectivity index (χ1n) is 24.8.